The van der Waals surface area contributed by atoms with Gasteiger partial charge in [0.2, 0.25) is 0 Å². The Hall–Kier alpha value is -0.316. The largest absolute Gasteiger partial charge is 0.493 e. The molecule has 0 aromatic heterocycles. The lowest BCUT2D eigenvalue weighted by Crippen LogP contribution is -2.19. The van der Waals surface area contributed by atoms with Gasteiger partial charge in [0.25, 0.3) is 5.91 Å². The molecule has 2 unspecified atom stereocenters. The number of benzene rings is 2. The highest BCUT2D eigenvalue weighted by atomic mass is 35.8. The first-order valence-corrected chi connectivity index (χ1v) is 20.7. The highest BCUT2D eigenvalue weighted by Crippen LogP contribution is 2.30. The molecule has 0 aliphatic heterocycles. The molecule has 0 saturated carbocycles. The van der Waals surface area contributed by atoms with Crippen molar-refractivity contribution in [3.05, 3.63) is 54.1 Å². The predicted molar refractivity (Wildman–Crippen MR) is 146 cm³/mol. The van der Waals surface area contributed by atoms with Crippen molar-refractivity contribution in [3.8, 4) is 11.5 Å². The minimum Gasteiger partial charge on any atom is -0.493 e. The highest BCUT2D eigenvalue weighted by molar-refractivity contribution is 7.65. The standard InChI is InChI=1S/C21H25Cl6NO3Si2/c1-15(13-32(22,23)24)11-30-19-7-3-17(4-8-19)21(29)28-18-5-9-20(10-6-18)31-12-16(2)14-33(25,26)27/h3-10,15-16H,11-14H2,1-2H3,(H,28,29). The molecule has 1 amide bonds. The number of nitrogens with one attached hydrogen (secondary N) is 1. The van der Waals surface area contributed by atoms with Crippen LogP contribution in [-0.2, 0) is 0 Å². The third kappa shape index (κ3) is 12.3. The van der Waals surface area contributed by atoms with Crippen LogP contribution >= 0.6 is 66.5 Å². The van der Waals surface area contributed by atoms with Gasteiger partial charge < -0.3 is 14.8 Å². The van der Waals surface area contributed by atoms with Crippen LogP contribution in [-0.4, -0.2) is 31.1 Å². The van der Waals surface area contributed by atoms with E-state index in [0.717, 1.165) is 0 Å². The van der Waals surface area contributed by atoms with E-state index in [1.165, 1.54) is 0 Å². The van der Waals surface area contributed by atoms with Crippen LogP contribution in [0, 0.1) is 11.8 Å². The molecule has 12 heteroatoms. The average molecular weight is 608 g/mol. The molecular weight excluding hydrogens is 583 g/mol. The van der Waals surface area contributed by atoms with Crippen molar-refractivity contribution >= 4 is 90.1 Å². The summed E-state index contributed by atoms with van der Waals surface area (Å²) < 4.78 is 11.5. The molecule has 0 saturated heterocycles. The zero-order chi connectivity index (χ0) is 24.6. The minimum atomic E-state index is -2.68. The summed E-state index contributed by atoms with van der Waals surface area (Å²) in [5.41, 5.74) is 1.16. The summed E-state index contributed by atoms with van der Waals surface area (Å²) >= 11 is 35.6. The summed E-state index contributed by atoms with van der Waals surface area (Å²) in [4.78, 5) is 12.5. The number of rotatable bonds is 12. The molecule has 0 bridgehead atoms. The lowest BCUT2D eigenvalue weighted by molar-refractivity contribution is 0.102. The van der Waals surface area contributed by atoms with Crippen molar-refractivity contribution in [2.45, 2.75) is 25.9 Å². The maximum atomic E-state index is 12.5. The Morgan fingerprint density at radius 2 is 1.15 bits per heavy atom. The van der Waals surface area contributed by atoms with E-state index in [1.54, 1.807) is 48.5 Å². The van der Waals surface area contributed by atoms with Crippen LogP contribution in [0.1, 0.15) is 24.2 Å². The van der Waals surface area contributed by atoms with Crippen LogP contribution < -0.4 is 14.8 Å². The van der Waals surface area contributed by atoms with Gasteiger partial charge in [0.15, 0.2) is 0 Å². The Morgan fingerprint density at radius 3 is 1.55 bits per heavy atom. The van der Waals surface area contributed by atoms with Crippen LogP contribution in [0.2, 0.25) is 12.1 Å². The molecule has 0 fully saturated rings. The Bertz CT molecular complexity index is 889. The first kappa shape index (κ1) is 28.9. The van der Waals surface area contributed by atoms with Crippen molar-refractivity contribution in [1.29, 1.82) is 0 Å². The minimum absolute atomic E-state index is 0.124. The van der Waals surface area contributed by atoms with Gasteiger partial charge in [-0.25, -0.2) is 0 Å². The smallest absolute Gasteiger partial charge is 0.341 e. The second-order valence-electron chi connectivity index (χ2n) is 7.97. The molecule has 0 radical (unpaired) electrons. The van der Waals surface area contributed by atoms with Crippen molar-refractivity contribution < 1.29 is 14.3 Å². The molecule has 182 valence electrons. The van der Waals surface area contributed by atoms with E-state index >= 15 is 0 Å². The summed E-state index contributed by atoms with van der Waals surface area (Å²) in [7, 11) is 0. The second-order valence-corrected chi connectivity index (χ2v) is 26.3. The van der Waals surface area contributed by atoms with Crippen LogP contribution in [0.4, 0.5) is 5.69 Å². The van der Waals surface area contributed by atoms with Gasteiger partial charge in [0.1, 0.15) is 11.5 Å². The lowest BCUT2D eigenvalue weighted by atomic mass is 10.2. The van der Waals surface area contributed by atoms with Crippen molar-refractivity contribution in [3.63, 3.8) is 0 Å². The van der Waals surface area contributed by atoms with Gasteiger partial charge >= 0.3 is 12.0 Å². The summed E-state index contributed by atoms with van der Waals surface area (Å²) in [6.07, 6.45) is 0. The maximum Gasteiger partial charge on any atom is 0.341 e. The molecule has 2 aromatic carbocycles. The molecule has 0 heterocycles. The van der Waals surface area contributed by atoms with Gasteiger partial charge in [0.05, 0.1) is 13.2 Å². The molecule has 1 N–H and O–H groups in total. The van der Waals surface area contributed by atoms with Crippen LogP contribution in [0.3, 0.4) is 0 Å². The molecule has 2 aromatic rings. The van der Waals surface area contributed by atoms with E-state index in [4.69, 9.17) is 75.9 Å². The average Bonchev–Trinajstić information content (AvgIpc) is 2.69. The molecular formula is C21H25Cl6NO3Si2. The Balaban J connectivity index is 1.82. The number of carbonyl (C=O) groups excluding carboxylic acids is 1. The Kier molecular flexibility index (Phi) is 11.5. The molecule has 0 aliphatic rings. The topological polar surface area (TPSA) is 47.6 Å². The van der Waals surface area contributed by atoms with Gasteiger partial charge in [-0.3, -0.25) is 4.79 Å². The summed E-state index contributed by atoms with van der Waals surface area (Å²) in [5.74, 6) is 1.36. The van der Waals surface area contributed by atoms with Gasteiger partial charge in [0, 0.05) is 11.3 Å². The fourth-order valence-electron chi connectivity index (χ4n) is 2.93. The number of halogens is 6. The number of hydrogen-bond donors (Lipinski definition) is 1. The number of carbonyl (C=O) groups is 1. The lowest BCUT2D eigenvalue weighted by Gasteiger charge is -2.16. The Morgan fingerprint density at radius 1 is 0.758 bits per heavy atom. The highest BCUT2D eigenvalue weighted by Gasteiger charge is 2.28. The van der Waals surface area contributed by atoms with E-state index in [1.807, 2.05) is 13.8 Å². The third-order valence-corrected chi connectivity index (χ3v) is 9.55. The molecule has 0 spiro atoms. The van der Waals surface area contributed by atoms with Crippen molar-refractivity contribution in [1.82, 2.24) is 0 Å². The normalized spacial score (nSPS) is 13.8. The van der Waals surface area contributed by atoms with Crippen LogP contribution in [0.15, 0.2) is 48.5 Å². The van der Waals surface area contributed by atoms with Gasteiger partial charge in [-0.15, -0.1) is 66.5 Å². The number of anilines is 1. The fourth-order valence-corrected chi connectivity index (χ4v) is 9.48. The number of amides is 1. The maximum absolute atomic E-state index is 12.5. The van der Waals surface area contributed by atoms with Crippen LogP contribution in [0.25, 0.3) is 0 Å². The SMILES string of the molecule is CC(COc1ccc(NC(=O)c2ccc(OCC(C)C[Si](Cl)(Cl)Cl)cc2)cc1)C[Si](Cl)(Cl)Cl. The molecule has 33 heavy (non-hydrogen) atoms. The van der Waals surface area contributed by atoms with E-state index < -0.39 is 12.0 Å². The summed E-state index contributed by atoms with van der Waals surface area (Å²) in [5, 5.41) is 2.86. The molecule has 4 nitrogen and oxygen atoms in total. The first-order valence-electron chi connectivity index (χ1n) is 10.2. The number of hydrogen-bond acceptors (Lipinski definition) is 3. The zero-order valence-electron chi connectivity index (χ0n) is 18.1. The first-order chi connectivity index (χ1) is 15.3. The summed E-state index contributed by atoms with van der Waals surface area (Å²) in [6, 6.07) is 9.71. The zero-order valence-corrected chi connectivity index (χ0v) is 24.6. The van der Waals surface area contributed by atoms with Gasteiger partial charge in [-0.05, 0) is 72.5 Å². The molecule has 0 aliphatic carbocycles. The Labute approximate surface area is 225 Å². The van der Waals surface area contributed by atoms with Crippen molar-refractivity contribution in [2.75, 3.05) is 18.5 Å². The molecule has 2 rings (SSSR count). The molecule has 2 atom stereocenters. The second kappa shape index (κ2) is 13.1. The van der Waals surface area contributed by atoms with E-state index in [0.29, 0.717) is 48.1 Å². The quantitative estimate of drug-likeness (QED) is 0.195. The fraction of sp³-hybridized carbons (Fsp3) is 0.381. The van der Waals surface area contributed by atoms with Crippen molar-refractivity contribution in [2.24, 2.45) is 11.8 Å². The van der Waals surface area contributed by atoms with E-state index in [-0.39, 0.29) is 17.7 Å². The monoisotopic (exact) mass is 605 g/mol. The number of ether oxygens (including phenoxy) is 2. The third-order valence-electron chi connectivity index (χ3n) is 4.46. The predicted octanol–water partition coefficient (Wildman–Crippen LogP) is 8.28. The van der Waals surface area contributed by atoms with Crippen LogP contribution in [0.5, 0.6) is 11.5 Å². The van der Waals surface area contributed by atoms with E-state index in [2.05, 4.69) is 5.32 Å². The van der Waals surface area contributed by atoms with E-state index in [9.17, 15) is 4.79 Å². The van der Waals surface area contributed by atoms with Gasteiger partial charge in [-0.2, -0.15) is 0 Å². The van der Waals surface area contributed by atoms with Gasteiger partial charge in [-0.1, -0.05) is 13.8 Å². The summed E-state index contributed by atoms with van der Waals surface area (Å²) in [6.45, 7) is 4.84.